The lowest BCUT2D eigenvalue weighted by molar-refractivity contribution is 0.114. The molecule has 142 valence electrons. The topological polar surface area (TPSA) is 51.0 Å². The molecule has 26 heavy (non-hydrogen) atoms. The minimum atomic E-state index is 0.0341. The van der Waals surface area contributed by atoms with E-state index in [0.29, 0.717) is 23.5 Å². The molecule has 6 heteroatoms. The van der Waals surface area contributed by atoms with Gasteiger partial charge in [0.1, 0.15) is 5.82 Å². The van der Waals surface area contributed by atoms with E-state index in [4.69, 9.17) is 4.98 Å². The van der Waals surface area contributed by atoms with Gasteiger partial charge in [-0.3, -0.25) is 14.3 Å². The van der Waals surface area contributed by atoms with E-state index in [2.05, 4.69) is 46.6 Å². The van der Waals surface area contributed by atoms with Gasteiger partial charge in [-0.15, -0.1) is 0 Å². The number of piperidine rings is 1. The number of nitrogens with zero attached hydrogens (tertiary/aromatic N) is 4. The average Bonchev–Trinajstić information content (AvgIpc) is 2.63. The Kier molecular flexibility index (Phi) is 6.46. The highest BCUT2D eigenvalue weighted by molar-refractivity contribution is 9.10. The molecule has 0 bridgehead atoms. The van der Waals surface area contributed by atoms with Gasteiger partial charge in [0.15, 0.2) is 5.65 Å². The molecule has 1 aliphatic rings. The minimum absolute atomic E-state index is 0.0341. The van der Waals surface area contributed by atoms with Crippen LogP contribution in [0.2, 0.25) is 0 Å². The van der Waals surface area contributed by atoms with Crippen LogP contribution in [0.3, 0.4) is 0 Å². The summed E-state index contributed by atoms with van der Waals surface area (Å²) < 4.78 is 2.71. The fraction of sp³-hybridized carbons (Fsp3) is 0.650. The number of hydrogen-bond acceptors (Lipinski definition) is 4. The standard InChI is InChI=1S/C20H29BrN4O/c1-4-7-17(24-10-6-8-14(3)13-24)19-23-18-16(11-15(21)12-22-18)20(26)25(19)9-5-2/h11-12,14,17H,4-10,13H2,1-3H3/t14-,17+/m1/s1. The first kappa shape index (κ1) is 19.5. The lowest BCUT2D eigenvalue weighted by Crippen LogP contribution is -2.40. The number of aromatic nitrogens is 3. The van der Waals surface area contributed by atoms with Crippen molar-refractivity contribution in [3.63, 3.8) is 0 Å². The fourth-order valence-corrected chi connectivity index (χ4v) is 4.38. The zero-order valence-corrected chi connectivity index (χ0v) is 17.6. The molecule has 5 nitrogen and oxygen atoms in total. The maximum absolute atomic E-state index is 13.2. The molecule has 0 spiro atoms. The monoisotopic (exact) mass is 420 g/mol. The first-order chi connectivity index (χ1) is 12.5. The third kappa shape index (κ3) is 4.01. The summed E-state index contributed by atoms with van der Waals surface area (Å²) >= 11 is 3.42. The highest BCUT2D eigenvalue weighted by Crippen LogP contribution is 2.30. The first-order valence-electron chi connectivity index (χ1n) is 9.85. The molecule has 0 saturated carbocycles. The van der Waals surface area contributed by atoms with Crippen LogP contribution in [0.15, 0.2) is 21.5 Å². The second kappa shape index (κ2) is 8.61. The van der Waals surface area contributed by atoms with Gasteiger partial charge in [-0.05, 0) is 60.1 Å². The van der Waals surface area contributed by atoms with Gasteiger partial charge >= 0.3 is 0 Å². The van der Waals surface area contributed by atoms with Gasteiger partial charge in [0.2, 0.25) is 0 Å². The minimum Gasteiger partial charge on any atom is -0.295 e. The predicted octanol–water partition coefficient (Wildman–Crippen LogP) is 4.54. The maximum Gasteiger partial charge on any atom is 0.263 e. The number of pyridine rings is 1. The van der Waals surface area contributed by atoms with Crippen molar-refractivity contribution in [1.29, 1.82) is 0 Å². The summed E-state index contributed by atoms with van der Waals surface area (Å²) in [6.45, 7) is 9.51. The fourth-order valence-electron chi connectivity index (χ4n) is 4.05. The molecule has 0 amide bonds. The lowest BCUT2D eigenvalue weighted by Gasteiger charge is -2.37. The Morgan fingerprint density at radius 2 is 2.15 bits per heavy atom. The van der Waals surface area contributed by atoms with E-state index in [-0.39, 0.29) is 11.6 Å². The molecule has 2 atom stereocenters. The number of likely N-dealkylation sites (tertiary alicyclic amines) is 1. The smallest absolute Gasteiger partial charge is 0.263 e. The number of hydrogen-bond donors (Lipinski definition) is 0. The molecule has 3 heterocycles. The summed E-state index contributed by atoms with van der Waals surface area (Å²) in [7, 11) is 0. The van der Waals surface area contributed by atoms with Crippen molar-refractivity contribution in [3.8, 4) is 0 Å². The van der Waals surface area contributed by atoms with E-state index >= 15 is 0 Å². The third-order valence-corrected chi connectivity index (χ3v) is 5.68. The zero-order chi connectivity index (χ0) is 18.7. The third-order valence-electron chi connectivity index (χ3n) is 5.24. The van der Waals surface area contributed by atoms with Gasteiger partial charge in [0.05, 0.1) is 11.4 Å². The van der Waals surface area contributed by atoms with Crippen LogP contribution in [0.25, 0.3) is 11.0 Å². The van der Waals surface area contributed by atoms with E-state index in [1.807, 2.05) is 10.6 Å². The Morgan fingerprint density at radius 1 is 1.35 bits per heavy atom. The Labute approximate surface area is 164 Å². The van der Waals surface area contributed by atoms with Crippen LogP contribution < -0.4 is 5.56 Å². The Bertz CT molecular complexity index is 819. The van der Waals surface area contributed by atoms with Crippen molar-refractivity contribution in [2.45, 2.75) is 65.5 Å². The molecule has 0 unspecified atom stereocenters. The molecule has 0 aromatic carbocycles. The molecule has 0 N–H and O–H groups in total. The zero-order valence-electron chi connectivity index (χ0n) is 16.0. The van der Waals surface area contributed by atoms with Crippen LogP contribution in [0.4, 0.5) is 0 Å². The number of rotatable bonds is 6. The summed E-state index contributed by atoms with van der Waals surface area (Å²) in [6, 6.07) is 2.03. The van der Waals surface area contributed by atoms with Crippen LogP contribution in [0.5, 0.6) is 0 Å². The van der Waals surface area contributed by atoms with Crippen LogP contribution in [0.1, 0.15) is 64.7 Å². The molecule has 2 aromatic rings. The van der Waals surface area contributed by atoms with Crippen LogP contribution in [-0.2, 0) is 6.54 Å². The molecule has 1 aliphatic heterocycles. The number of fused-ring (bicyclic) bond motifs is 1. The van der Waals surface area contributed by atoms with Crippen LogP contribution >= 0.6 is 15.9 Å². The quantitative estimate of drug-likeness (QED) is 0.688. The second-order valence-corrected chi connectivity index (χ2v) is 8.41. The van der Waals surface area contributed by atoms with Crippen molar-refractivity contribution in [2.75, 3.05) is 13.1 Å². The van der Waals surface area contributed by atoms with Gasteiger partial charge in [-0.1, -0.05) is 27.2 Å². The molecule has 0 radical (unpaired) electrons. The van der Waals surface area contributed by atoms with Gasteiger partial charge in [0.25, 0.3) is 5.56 Å². The highest BCUT2D eigenvalue weighted by atomic mass is 79.9. The van der Waals surface area contributed by atoms with E-state index in [1.165, 1.54) is 12.8 Å². The van der Waals surface area contributed by atoms with Crippen molar-refractivity contribution < 1.29 is 0 Å². The maximum atomic E-state index is 13.2. The molecular weight excluding hydrogens is 392 g/mol. The van der Waals surface area contributed by atoms with Crippen molar-refractivity contribution in [1.82, 2.24) is 19.4 Å². The molecule has 3 rings (SSSR count). The van der Waals surface area contributed by atoms with E-state index in [1.54, 1.807) is 6.20 Å². The Morgan fingerprint density at radius 3 is 2.85 bits per heavy atom. The van der Waals surface area contributed by atoms with Crippen LogP contribution in [-0.4, -0.2) is 32.5 Å². The Balaban J connectivity index is 2.14. The number of halogens is 1. The molecular formula is C20H29BrN4O. The van der Waals surface area contributed by atoms with E-state index in [0.717, 1.165) is 42.6 Å². The second-order valence-electron chi connectivity index (χ2n) is 7.50. The molecule has 1 saturated heterocycles. The van der Waals surface area contributed by atoms with Gasteiger partial charge in [-0.2, -0.15) is 0 Å². The van der Waals surface area contributed by atoms with Gasteiger partial charge in [-0.25, -0.2) is 9.97 Å². The molecule has 0 aliphatic carbocycles. The predicted molar refractivity (Wildman–Crippen MR) is 109 cm³/mol. The van der Waals surface area contributed by atoms with Crippen molar-refractivity contribution in [3.05, 3.63) is 32.9 Å². The summed E-state index contributed by atoms with van der Waals surface area (Å²) in [5.74, 6) is 1.60. The van der Waals surface area contributed by atoms with Gasteiger partial charge < -0.3 is 0 Å². The normalized spacial score (nSPS) is 19.8. The SMILES string of the molecule is CCC[C@@H](c1nc2ncc(Br)cc2c(=O)n1CCC)N1CCC[C@@H](C)C1. The van der Waals surface area contributed by atoms with Crippen LogP contribution in [0, 0.1) is 5.92 Å². The van der Waals surface area contributed by atoms with E-state index < -0.39 is 0 Å². The van der Waals surface area contributed by atoms with Crippen molar-refractivity contribution in [2.24, 2.45) is 5.92 Å². The summed E-state index contributed by atoms with van der Waals surface area (Å²) in [4.78, 5) is 25.0. The molecule has 1 fully saturated rings. The first-order valence-corrected chi connectivity index (χ1v) is 10.6. The summed E-state index contributed by atoms with van der Waals surface area (Å²) in [5.41, 5.74) is 0.596. The average molecular weight is 421 g/mol. The molecule has 2 aromatic heterocycles. The Hall–Kier alpha value is -1.27. The lowest BCUT2D eigenvalue weighted by atomic mass is 9.97. The summed E-state index contributed by atoms with van der Waals surface area (Å²) in [6.07, 6.45) is 7.24. The van der Waals surface area contributed by atoms with Crippen molar-refractivity contribution >= 4 is 27.0 Å². The summed E-state index contributed by atoms with van der Waals surface area (Å²) in [5, 5.41) is 0.596. The highest BCUT2D eigenvalue weighted by Gasteiger charge is 2.28. The van der Waals surface area contributed by atoms with Gasteiger partial charge in [0, 0.05) is 23.8 Å². The largest absolute Gasteiger partial charge is 0.295 e. The van der Waals surface area contributed by atoms with E-state index in [9.17, 15) is 4.79 Å².